The van der Waals surface area contributed by atoms with Crippen molar-refractivity contribution in [2.24, 2.45) is 0 Å². The standard InChI is InChI=1S/C14H19NO2/c1-10(2)9-14(16)15-12-5-7-13(8-6-12)17-11(3)4/h5-9,11H,1-4H3,(H,15,16). The van der Waals surface area contributed by atoms with E-state index in [1.54, 1.807) is 6.08 Å². The smallest absolute Gasteiger partial charge is 0.248 e. The SMILES string of the molecule is CC(C)=CC(=O)Nc1ccc(OC(C)C)cc1. The number of nitrogens with one attached hydrogen (secondary N) is 1. The van der Waals surface area contributed by atoms with E-state index in [2.05, 4.69) is 5.32 Å². The van der Waals surface area contributed by atoms with E-state index in [-0.39, 0.29) is 12.0 Å². The summed E-state index contributed by atoms with van der Waals surface area (Å²) in [4.78, 5) is 11.5. The minimum absolute atomic E-state index is 0.109. The molecule has 0 aromatic heterocycles. The van der Waals surface area contributed by atoms with Crippen LogP contribution in [0.2, 0.25) is 0 Å². The largest absolute Gasteiger partial charge is 0.491 e. The number of carbonyl (C=O) groups is 1. The lowest BCUT2D eigenvalue weighted by Gasteiger charge is -2.10. The highest BCUT2D eigenvalue weighted by atomic mass is 16.5. The molecule has 0 spiro atoms. The zero-order valence-electron chi connectivity index (χ0n) is 10.8. The number of rotatable bonds is 4. The van der Waals surface area contributed by atoms with E-state index in [0.717, 1.165) is 17.0 Å². The zero-order valence-corrected chi connectivity index (χ0v) is 10.8. The van der Waals surface area contributed by atoms with Crippen LogP contribution in [0.1, 0.15) is 27.7 Å². The Bertz CT molecular complexity index is 401. The maximum absolute atomic E-state index is 11.5. The molecule has 1 aromatic rings. The van der Waals surface area contributed by atoms with Crippen molar-refractivity contribution in [3.63, 3.8) is 0 Å². The van der Waals surface area contributed by atoms with Crippen LogP contribution in [0, 0.1) is 0 Å². The van der Waals surface area contributed by atoms with Gasteiger partial charge in [-0.15, -0.1) is 0 Å². The van der Waals surface area contributed by atoms with E-state index in [4.69, 9.17) is 4.74 Å². The summed E-state index contributed by atoms with van der Waals surface area (Å²) in [7, 11) is 0. The number of allylic oxidation sites excluding steroid dienone is 1. The van der Waals surface area contributed by atoms with Crippen LogP contribution >= 0.6 is 0 Å². The molecule has 0 heterocycles. The Hall–Kier alpha value is -1.77. The predicted octanol–water partition coefficient (Wildman–Crippen LogP) is 3.38. The summed E-state index contributed by atoms with van der Waals surface area (Å²) in [5, 5.41) is 2.78. The van der Waals surface area contributed by atoms with Crippen LogP contribution in [0.5, 0.6) is 5.75 Å². The third-order valence-corrected chi connectivity index (χ3v) is 1.91. The van der Waals surface area contributed by atoms with Crippen molar-refractivity contribution in [3.8, 4) is 5.75 Å². The van der Waals surface area contributed by atoms with Gasteiger partial charge in [0.2, 0.25) is 5.91 Å². The molecule has 3 heteroatoms. The van der Waals surface area contributed by atoms with Crippen LogP contribution in [0.4, 0.5) is 5.69 Å². The molecule has 1 rings (SSSR count). The highest BCUT2D eigenvalue weighted by molar-refractivity contribution is 5.99. The topological polar surface area (TPSA) is 38.3 Å². The molecular weight excluding hydrogens is 214 g/mol. The lowest BCUT2D eigenvalue weighted by Crippen LogP contribution is -2.09. The number of amides is 1. The van der Waals surface area contributed by atoms with Crippen molar-refractivity contribution in [3.05, 3.63) is 35.9 Å². The number of hydrogen-bond acceptors (Lipinski definition) is 2. The Morgan fingerprint density at radius 3 is 2.29 bits per heavy atom. The first kappa shape index (κ1) is 13.3. The third-order valence-electron chi connectivity index (χ3n) is 1.91. The second kappa shape index (κ2) is 6.09. The number of benzene rings is 1. The van der Waals surface area contributed by atoms with Crippen molar-refractivity contribution < 1.29 is 9.53 Å². The summed E-state index contributed by atoms with van der Waals surface area (Å²) in [6.07, 6.45) is 1.72. The van der Waals surface area contributed by atoms with Crippen LogP contribution in [-0.2, 0) is 4.79 Å². The average Bonchev–Trinajstić information content (AvgIpc) is 2.18. The van der Waals surface area contributed by atoms with Gasteiger partial charge in [-0.1, -0.05) is 5.57 Å². The summed E-state index contributed by atoms with van der Waals surface area (Å²) in [6.45, 7) is 7.73. The van der Waals surface area contributed by atoms with Gasteiger partial charge in [0.1, 0.15) is 5.75 Å². The van der Waals surface area contributed by atoms with E-state index < -0.39 is 0 Å². The van der Waals surface area contributed by atoms with E-state index >= 15 is 0 Å². The lowest BCUT2D eigenvalue weighted by atomic mass is 10.2. The number of anilines is 1. The van der Waals surface area contributed by atoms with Gasteiger partial charge in [0.25, 0.3) is 0 Å². The van der Waals surface area contributed by atoms with Gasteiger partial charge in [0.05, 0.1) is 6.10 Å². The molecule has 3 nitrogen and oxygen atoms in total. The van der Waals surface area contributed by atoms with Crippen LogP contribution < -0.4 is 10.1 Å². The molecule has 1 aromatic carbocycles. The predicted molar refractivity (Wildman–Crippen MR) is 70.3 cm³/mol. The first-order valence-electron chi connectivity index (χ1n) is 5.70. The van der Waals surface area contributed by atoms with Crippen molar-refractivity contribution >= 4 is 11.6 Å². The maximum atomic E-state index is 11.5. The fraction of sp³-hybridized carbons (Fsp3) is 0.357. The van der Waals surface area contributed by atoms with Crippen LogP contribution in [0.3, 0.4) is 0 Å². The highest BCUT2D eigenvalue weighted by Crippen LogP contribution is 2.16. The summed E-state index contributed by atoms with van der Waals surface area (Å²) >= 11 is 0. The molecule has 0 aliphatic rings. The monoisotopic (exact) mass is 233 g/mol. The zero-order chi connectivity index (χ0) is 12.8. The molecule has 0 radical (unpaired) electrons. The first-order chi connectivity index (χ1) is 7.97. The van der Waals surface area contributed by atoms with Gasteiger partial charge >= 0.3 is 0 Å². The molecule has 1 amide bonds. The van der Waals surface area contributed by atoms with Crippen molar-refractivity contribution in [2.45, 2.75) is 33.8 Å². The Morgan fingerprint density at radius 2 is 1.82 bits per heavy atom. The van der Waals surface area contributed by atoms with Gasteiger partial charge in [-0.3, -0.25) is 4.79 Å². The van der Waals surface area contributed by atoms with Gasteiger partial charge in [-0.2, -0.15) is 0 Å². The second-order valence-corrected chi connectivity index (χ2v) is 4.40. The third kappa shape index (κ3) is 5.20. The van der Waals surface area contributed by atoms with Gasteiger partial charge in [0, 0.05) is 11.8 Å². The van der Waals surface area contributed by atoms with Crippen LogP contribution in [0.25, 0.3) is 0 Å². The Labute approximate surface area is 102 Å². The Balaban J connectivity index is 2.62. The molecule has 0 atom stereocenters. The fourth-order valence-corrected chi connectivity index (χ4v) is 1.33. The van der Waals surface area contributed by atoms with Crippen molar-refractivity contribution in [2.75, 3.05) is 5.32 Å². The summed E-state index contributed by atoms with van der Waals surface area (Å²) in [5.74, 6) is 0.697. The maximum Gasteiger partial charge on any atom is 0.248 e. The molecule has 0 aliphatic carbocycles. The van der Waals surface area contributed by atoms with E-state index in [0.29, 0.717) is 0 Å². The van der Waals surface area contributed by atoms with Gasteiger partial charge < -0.3 is 10.1 Å². The summed E-state index contributed by atoms with van der Waals surface area (Å²) in [6, 6.07) is 7.35. The van der Waals surface area contributed by atoms with E-state index in [9.17, 15) is 4.79 Å². The molecule has 17 heavy (non-hydrogen) atoms. The first-order valence-corrected chi connectivity index (χ1v) is 5.70. The van der Waals surface area contributed by atoms with Crippen molar-refractivity contribution in [1.82, 2.24) is 0 Å². The molecule has 92 valence electrons. The molecule has 0 saturated carbocycles. The molecule has 0 saturated heterocycles. The Kier molecular flexibility index (Phi) is 4.76. The summed E-state index contributed by atoms with van der Waals surface area (Å²) < 4.78 is 5.51. The number of ether oxygens (including phenoxy) is 1. The van der Waals surface area contributed by atoms with Crippen LogP contribution in [-0.4, -0.2) is 12.0 Å². The number of hydrogen-bond donors (Lipinski definition) is 1. The lowest BCUT2D eigenvalue weighted by molar-refractivity contribution is -0.111. The second-order valence-electron chi connectivity index (χ2n) is 4.40. The van der Waals surface area contributed by atoms with Crippen LogP contribution in [0.15, 0.2) is 35.9 Å². The minimum atomic E-state index is -0.109. The molecular formula is C14H19NO2. The summed E-state index contributed by atoms with van der Waals surface area (Å²) in [5.41, 5.74) is 1.74. The van der Waals surface area contributed by atoms with E-state index in [1.165, 1.54) is 0 Å². The van der Waals surface area contributed by atoms with Gasteiger partial charge in [0.15, 0.2) is 0 Å². The van der Waals surface area contributed by atoms with Crippen molar-refractivity contribution in [1.29, 1.82) is 0 Å². The highest BCUT2D eigenvalue weighted by Gasteiger charge is 2.00. The van der Waals surface area contributed by atoms with Gasteiger partial charge in [-0.05, 0) is 52.0 Å². The fourth-order valence-electron chi connectivity index (χ4n) is 1.33. The Morgan fingerprint density at radius 1 is 1.24 bits per heavy atom. The molecule has 1 N–H and O–H groups in total. The van der Waals surface area contributed by atoms with E-state index in [1.807, 2.05) is 52.0 Å². The molecule has 0 bridgehead atoms. The molecule has 0 aliphatic heterocycles. The average molecular weight is 233 g/mol. The quantitative estimate of drug-likeness (QED) is 0.810. The number of carbonyl (C=O) groups excluding carboxylic acids is 1. The van der Waals surface area contributed by atoms with Gasteiger partial charge in [-0.25, -0.2) is 0 Å². The normalized spacial score (nSPS) is 9.94. The minimum Gasteiger partial charge on any atom is -0.491 e. The molecule has 0 fully saturated rings. The molecule has 0 unspecified atom stereocenters.